The van der Waals surface area contributed by atoms with Gasteiger partial charge in [0.1, 0.15) is 0 Å². The fourth-order valence-corrected chi connectivity index (χ4v) is 2.46. The van der Waals surface area contributed by atoms with Crippen molar-refractivity contribution >= 4 is 11.9 Å². The van der Waals surface area contributed by atoms with Gasteiger partial charge < -0.3 is 13.9 Å². The average molecular weight is 309 g/mol. The highest BCUT2D eigenvalue weighted by Gasteiger charge is 2.53. The molecule has 114 valence electrons. The molecule has 0 unspecified atom stereocenters. The number of carbonyl (C=O) groups excluding carboxylic acids is 1. The zero-order chi connectivity index (χ0) is 15.4. The molecule has 0 spiro atoms. The number of anilines is 1. The topological polar surface area (TPSA) is 86.5 Å². The number of alkyl halides is 2. The van der Waals surface area contributed by atoms with Gasteiger partial charge in [-0.3, -0.25) is 10.1 Å². The van der Waals surface area contributed by atoms with Gasteiger partial charge in [-0.25, -0.2) is 0 Å². The lowest BCUT2D eigenvalue weighted by Crippen LogP contribution is -2.28. The van der Waals surface area contributed by atoms with Crippen molar-refractivity contribution in [1.82, 2.24) is 10.2 Å². The molecule has 4 rings (SSSR count). The fourth-order valence-electron chi connectivity index (χ4n) is 2.46. The van der Waals surface area contributed by atoms with Crippen LogP contribution in [0.1, 0.15) is 18.4 Å². The summed E-state index contributed by atoms with van der Waals surface area (Å²) in [5, 5.41) is 9.55. The molecule has 0 bridgehead atoms. The number of rotatable bonds is 3. The van der Waals surface area contributed by atoms with Crippen LogP contribution in [0.4, 0.5) is 14.8 Å². The highest BCUT2D eigenvalue weighted by atomic mass is 19.3. The van der Waals surface area contributed by atoms with E-state index in [1.807, 2.05) is 0 Å². The number of nitrogens with zero attached hydrogens (tertiary/aromatic N) is 2. The van der Waals surface area contributed by atoms with Gasteiger partial charge in [0.15, 0.2) is 11.5 Å². The number of halogens is 2. The van der Waals surface area contributed by atoms with E-state index < -0.39 is 11.7 Å². The number of aromatic nitrogens is 2. The third-order valence-corrected chi connectivity index (χ3v) is 3.72. The second-order valence-corrected chi connectivity index (χ2v) is 5.11. The molecule has 1 aliphatic heterocycles. The first-order chi connectivity index (χ1) is 10.5. The van der Waals surface area contributed by atoms with Gasteiger partial charge in [0, 0.05) is 0 Å². The lowest BCUT2D eigenvalue weighted by molar-refractivity contribution is -0.286. The zero-order valence-electron chi connectivity index (χ0n) is 11.0. The van der Waals surface area contributed by atoms with Crippen molar-refractivity contribution < 1.29 is 27.5 Å². The molecule has 2 aromatic rings. The summed E-state index contributed by atoms with van der Waals surface area (Å²) in [6.07, 6.45) is -1.41. The van der Waals surface area contributed by atoms with Crippen molar-refractivity contribution in [1.29, 1.82) is 0 Å². The Morgan fingerprint density at radius 3 is 2.68 bits per heavy atom. The van der Waals surface area contributed by atoms with Gasteiger partial charge in [0.2, 0.25) is 12.3 Å². The fraction of sp³-hybridized carbons (Fsp3) is 0.308. The molecule has 1 amide bonds. The van der Waals surface area contributed by atoms with Crippen LogP contribution in [0.25, 0.3) is 0 Å². The van der Waals surface area contributed by atoms with Crippen molar-refractivity contribution in [2.24, 2.45) is 0 Å². The molecule has 2 aliphatic rings. The molecule has 1 saturated carbocycles. The second kappa shape index (κ2) is 4.15. The van der Waals surface area contributed by atoms with Crippen LogP contribution < -0.4 is 14.8 Å². The maximum Gasteiger partial charge on any atom is 0.586 e. The van der Waals surface area contributed by atoms with Crippen LogP contribution >= 0.6 is 0 Å². The van der Waals surface area contributed by atoms with Crippen LogP contribution in [0.3, 0.4) is 0 Å². The van der Waals surface area contributed by atoms with Crippen LogP contribution in [0.15, 0.2) is 29.0 Å². The minimum absolute atomic E-state index is 0.0106. The Kier molecular flexibility index (Phi) is 2.45. The van der Waals surface area contributed by atoms with Gasteiger partial charge >= 0.3 is 12.3 Å². The van der Waals surface area contributed by atoms with E-state index in [1.165, 1.54) is 12.1 Å². The predicted octanol–water partition coefficient (Wildman–Crippen LogP) is 2.06. The number of hydrogen-bond acceptors (Lipinski definition) is 6. The molecule has 1 aromatic heterocycles. The van der Waals surface area contributed by atoms with E-state index in [2.05, 4.69) is 25.0 Å². The van der Waals surface area contributed by atoms with Crippen molar-refractivity contribution in [3.05, 3.63) is 30.2 Å². The van der Waals surface area contributed by atoms with Gasteiger partial charge in [-0.1, -0.05) is 11.2 Å². The van der Waals surface area contributed by atoms with Gasteiger partial charge in [0.25, 0.3) is 0 Å². The predicted molar refractivity (Wildman–Crippen MR) is 66.5 cm³/mol. The molecule has 0 radical (unpaired) electrons. The molecule has 1 fully saturated rings. The first-order valence-electron chi connectivity index (χ1n) is 6.47. The molecule has 1 aliphatic carbocycles. The standard InChI is InChI=1S/C13H9F2N3O4/c14-13(15)21-8-2-1-7(5-9(8)22-13)12(3-4-12)10(19)17-11-18-16-6-20-11/h1-2,5-6H,3-4H2,(H,17,18,19). The zero-order valence-corrected chi connectivity index (χ0v) is 11.0. The van der Waals surface area contributed by atoms with E-state index in [9.17, 15) is 13.6 Å². The first kappa shape index (κ1) is 13.0. The van der Waals surface area contributed by atoms with E-state index >= 15 is 0 Å². The smallest absolute Gasteiger partial charge is 0.411 e. The highest BCUT2D eigenvalue weighted by Crippen LogP contribution is 2.52. The quantitative estimate of drug-likeness (QED) is 0.934. The van der Waals surface area contributed by atoms with Gasteiger partial charge in [-0.15, -0.1) is 13.9 Å². The van der Waals surface area contributed by atoms with Crippen LogP contribution in [-0.2, 0) is 10.2 Å². The van der Waals surface area contributed by atoms with E-state index in [0.717, 1.165) is 6.39 Å². The van der Waals surface area contributed by atoms with E-state index in [-0.39, 0.29) is 23.4 Å². The number of ether oxygens (including phenoxy) is 2. The molecule has 0 saturated heterocycles. The summed E-state index contributed by atoms with van der Waals surface area (Å²) in [4.78, 5) is 12.4. The molecule has 0 atom stereocenters. The van der Waals surface area contributed by atoms with E-state index in [4.69, 9.17) is 4.42 Å². The number of carbonyl (C=O) groups is 1. The van der Waals surface area contributed by atoms with Crippen molar-refractivity contribution in [3.63, 3.8) is 0 Å². The Labute approximate surface area is 122 Å². The van der Waals surface area contributed by atoms with Crippen LogP contribution in [0.2, 0.25) is 0 Å². The van der Waals surface area contributed by atoms with E-state index in [0.29, 0.717) is 18.4 Å². The minimum atomic E-state index is -3.68. The Balaban J connectivity index is 1.61. The normalized spacial score (nSPS) is 19.7. The second-order valence-electron chi connectivity index (χ2n) is 5.11. The molecule has 1 N–H and O–H groups in total. The molecular formula is C13H9F2N3O4. The number of hydrogen-bond donors (Lipinski definition) is 1. The number of benzene rings is 1. The monoisotopic (exact) mass is 309 g/mol. The summed E-state index contributed by atoms with van der Waals surface area (Å²) in [5.74, 6) is -0.469. The van der Waals surface area contributed by atoms with Gasteiger partial charge in [0.05, 0.1) is 5.41 Å². The van der Waals surface area contributed by atoms with Gasteiger partial charge in [-0.05, 0) is 30.5 Å². The van der Waals surface area contributed by atoms with Crippen molar-refractivity contribution in [2.45, 2.75) is 24.6 Å². The maximum atomic E-state index is 13.0. The summed E-state index contributed by atoms with van der Waals surface area (Å²) in [5.41, 5.74) is -0.227. The lowest BCUT2D eigenvalue weighted by Gasteiger charge is -2.14. The SMILES string of the molecule is O=C(Nc1nnco1)C1(c2ccc3c(c2)OC(F)(F)O3)CC1. The van der Waals surface area contributed by atoms with Crippen LogP contribution in [-0.4, -0.2) is 22.4 Å². The summed E-state index contributed by atoms with van der Waals surface area (Å²) in [6, 6.07) is 4.33. The van der Waals surface area contributed by atoms with Crippen molar-refractivity contribution in [2.75, 3.05) is 5.32 Å². The van der Waals surface area contributed by atoms with E-state index in [1.54, 1.807) is 6.07 Å². The Bertz CT molecular complexity index is 744. The summed E-state index contributed by atoms with van der Waals surface area (Å²) in [6.45, 7) is 0. The Morgan fingerprint density at radius 1 is 1.23 bits per heavy atom. The average Bonchev–Trinajstić information content (AvgIpc) is 3.00. The maximum absolute atomic E-state index is 13.0. The molecule has 9 heteroatoms. The first-order valence-corrected chi connectivity index (χ1v) is 6.47. The largest absolute Gasteiger partial charge is 0.586 e. The van der Waals surface area contributed by atoms with Crippen LogP contribution in [0, 0.1) is 0 Å². The van der Waals surface area contributed by atoms with Crippen molar-refractivity contribution in [3.8, 4) is 11.5 Å². The Hall–Kier alpha value is -2.71. The summed E-state index contributed by atoms with van der Waals surface area (Å²) in [7, 11) is 0. The summed E-state index contributed by atoms with van der Waals surface area (Å²) < 4.78 is 39.7. The third-order valence-electron chi connectivity index (χ3n) is 3.72. The van der Waals surface area contributed by atoms with Crippen LogP contribution in [0.5, 0.6) is 11.5 Å². The minimum Gasteiger partial charge on any atom is -0.411 e. The number of fused-ring (bicyclic) bond motifs is 1. The third kappa shape index (κ3) is 1.97. The Morgan fingerprint density at radius 2 is 2.00 bits per heavy atom. The summed E-state index contributed by atoms with van der Waals surface area (Å²) >= 11 is 0. The molecule has 7 nitrogen and oxygen atoms in total. The van der Waals surface area contributed by atoms with Gasteiger partial charge in [-0.2, -0.15) is 0 Å². The number of amides is 1. The molecule has 1 aromatic carbocycles. The molecular weight excluding hydrogens is 300 g/mol. The molecule has 22 heavy (non-hydrogen) atoms. The highest BCUT2D eigenvalue weighted by molar-refractivity contribution is 6.00. The molecule has 2 heterocycles. The lowest BCUT2D eigenvalue weighted by atomic mass is 9.94. The number of nitrogens with one attached hydrogen (secondary N) is 1.